The van der Waals surface area contributed by atoms with Gasteiger partial charge in [0.25, 0.3) is 0 Å². The summed E-state index contributed by atoms with van der Waals surface area (Å²) in [5.74, 6) is 0. The minimum Gasteiger partial charge on any atom is -0.377 e. The molecule has 0 heterocycles. The van der Waals surface area contributed by atoms with Crippen LogP contribution >= 0.6 is 0 Å². The highest BCUT2D eigenvalue weighted by Gasteiger charge is 2.13. The van der Waals surface area contributed by atoms with E-state index in [4.69, 9.17) is 5.14 Å². The predicted octanol–water partition coefficient (Wildman–Crippen LogP) is 0.400. The summed E-state index contributed by atoms with van der Waals surface area (Å²) in [5.41, 5.74) is 0.602. The Bertz CT molecular complexity index is 398. The van der Waals surface area contributed by atoms with E-state index in [-0.39, 0.29) is 4.90 Å². The van der Waals surface area contributed by atoms with Crippen LogP contribution < -0.4 is 10.0 Å². The summed E-state index contributed by atoms with van der Waals surface area (Å²) < 4.78 is 22.2. The van der Waals surface area contributed by atoms with Gasteiger partial charge in [0.05, 0.1) is 5.69 Å². The van der Waals surface area contributed by atoms with E-state index in [1.807, 2.05) is 0 Å². The molecular formula is C8H12N2O2S. The topological polar surface area (TPSA) is 63.4 Å². The Hall–Kier alpha value is -1.07. The zero-order chi connectivity index (χ0) is 10.1. The van der Waals surface area contributed by atoms with E-state index in [2.05, 4.69) is 0 Å². The normalized spacial score (nSPS) is 11.3. The zero-order valence-corrected chi connectivity index (χ0v) is 8.38. The van der Waals surface area contributed by atoms with Gasteiger partial charge in [-0.2, -0.15) is 0 Å². The average Bonchev–Trinajstić information content (AvgIpc) is 2.03. The van der Waals surface area contributed by atoms with E-state index < -0.39 is 10.0 Å². The third-order valence-electron chi connectivity index (χ3n) is 1.65. The fourth-order valence-corrected chi connectivity index (χ4v) is 1.88. The van der Waals surface area contributed by atoms with E-state index in [0.717, 1.165) is 0 Å². The van der Waals surface area contributed by atoms with E-state index in [1.54, 1.807) is 37.2 Å². The highest BCUT2D eigenvalue weighted by molar-refractivity contribution is 7.89. The standard InChI is InChI=1S/C8H12N2O2S/c1-10(2)7-5-3-4-6-8(7)13(9,11)12/h3-6H,1-2H3,(H2,9,11,12). The first kappa shape index (κ1) is 10.0. The van der Waals surface area contributed by atoms with Gasteiger partial charge in [0.1, 0.15) is 4.90 Å². The molecule has 0 aromatic heterocycles. The van der Waals surface area contributed by atoms with E-state index in [1.165, 1.54) is 6.07 Å². The van der Waals surface area contributed by atoms with Crippen molar-refractivity contribution >= 4 is 15.7 Å². The second-order valence-electron chi connectivity index (χ2n) is 2.91. The summed E-state index contributed by atoms with van der Waals surface area (Å²) >= 11 is 0. The van der Waals surface area contributed by atoms with Crippen molar-refractivity contribution in [3.8, 4) is 0 Å². The number of primary sulfonamides is 1. The summed E-state index contributed by atoms with van der Waals surface area (Å²) in [4.78, 5) is 1.86. The number of sulfonamides is 1. The molecule has 1 rings (SSSR count). The number of hydrogen-bond acceptors (Lipinski definition) is 3. The summed E-state index contributed by atoms with van der Waals surface area (Å²) in [6.07, 6.45) is 0. The molecule has 0 fully saturated rings. The summed E-state index contributed by atoms with van der Waals surface area (Å²) in [7, 11) is -0.0844. The molecule has 0 aliphatic carbocycles. The van der Waals surface area contributed by atoms with Crippen molar-refractivity contribution in [1.82, 2.24) is 0 Å². The van der Waals surface area contributed by atoms with Crippen molar-refractivity contribution in [2.24, 2.45) is 5.14 Å². The average molecular weight is 200 g/mol. The van der Waals surface area contributed by atoms with Crippen LogP contribution in [0.25, 0.3) is 0 Å². The van der Waals surface area contributed by atoms with Crippen molar-refractivity contribution < 1.29 is 8.42 Å². The maximum Gasteiger partial charge on any atom is 0.240 e. The lowest BCUT2D eigenvalue weighted by atomic mass is 10.3. The molecule has 1 aromatic rings. The first-order valence-corrected chi connectivity index (χ1v) is 5.26. The molecule has 0 bridgehead atoms. The van der Waals surface area contributed by atoms with Gasteiger partial charge >= 0.3 is 0 Å². The van der Waals surface area contributed by atoms with Crippen molar-refractivity contribution in [1.29, 1.82) is 0 Å². The van der Waals surface area contributed by atoms with Gasteiger partial charge in [-0.3, -0.25) is 0 Å². The molecule has 0 radical (unpaired) electrons. The fourth-order valence-electron chi connectivity index (χ4n) is 1.07. The van der Waals surface area contributed by atoms with Crippen molar-refractivity contribution in [3.05, 3.63) is 24.3 Å². The largest absolute Gasteiger partial charge is 0.377 e. The first-order valence-electron chi connectivity index (χ1n) is 3.72. The second-order valence-corrected chi connectivity index (χ2v) is 4.44. The van der Waals surface area contributed by atoms with Crippen LogP contribution in [0.15, 0.2) is 29.2 Å². The minimum absolute atomic E-state index is 0.153. The lowest BCUT2D eigenvalue weighted by molar-refractivity contribution is 0.597. The number of para-hydroxylation sites is 1. The highest BCUT2D eigenvalue weighted by atomic mass is 32.2. The van der Waals surface area contributed by atoms with E-state index >= 15 is 0 Å². The Morgan fingerprint density at radius 2 is 1.77 bits per heavy atom. The monoisotopic (exact) mass is 200 g/mol. The number of nitrogens with zero attached hydrogens (tertiary/aromatic N) is 1. The maximum absolute atomic E-state index is 11.1. The van der Waals surface area contributed by atoms with Gasteiger partial charge in [-0.1, -0.05) is 12.1 Å². The second kappa shape index (κ2) is 3.35. The molecule has 72 valence electrons. The van der Waals surface area contributed by atoms with Gasteiger partial charge in [-0.05, 0) is 12.1 Å². The molecule has 0 amide bonds. The summed E-state index contributed by atoms with van der Waals surface area (Å²) in [6.45, 7) is 0. The Labute approximate surface area is 78.0 Å². The Balaban J connectivity index is 3.37. The third kappa shape index (κ3) is 2.19. The molecule has 2 N–H and O–H groups in total. The molecule has 4 nitrogen and oxygen atoms in total. The first-order chi connectivity index (χ1) is 5.93. The van der Waals surface area contributed by atoms with Gasteiger partial charge in [-0.15, -0.1) is 0 Å². The van der Waals surface area contributed by atoms with E-state index in [0.29, 0.717) is 5.69 Å². The lowest BCUT2D eigenvalue weighted by Crippen LogP contribution is -2.18. The van der Waals surface area contributed by atoms with Gasteiger partial charge < -0.3 is 4.90 Å². The van der Waals surface area contributed by atoms with Crippen LogP contribution in [0.1, 0.15) is 0 Å². The Morgan fingerprint density at radius 1 is 1.23 bits per heavy atom. The molecule has 0 saturated heterocycles. The van der Waals surface area contributed by atoms with Crippen LogP contribution in [0.2, 0.25) is 0 Å². The molecule has 0 atom stereocenters. The summed E-state index contributed by atoms with van der Waals surface area (Å²) in [5, 5.41) is 5.04. The SMILES string of the molecule is CN(C)c1ccccc1S(N)(=O)=O. The molecule has 0 unspecified atom stereocenters. The molecule has 0 spiro atoms. The van der Waals surface area contributed by atoms with Gasteiger partial charge in [0.2, 0.25) is 10.0 Å². The molecule has 0 aliphatic heterocycles. The fraction of sp³-hybridized carbons (Fsp3) is 0.250. The number of rotatable bonds is 2. The maximum atomic E-state index is 11.1. The zero-order valence-electron chi connectivity index (χ0n) is 7.56. The van der Waals surface area contributed by atoms with Crippen LogP contribution in [0.5, 0.6) is 0 Å². The molecule has 5 heteroatoms. The van der Waals surface area contributed by atoms with Crippen molar-refractivity contribution in [2.75, 3.05) is 19.0 Å². The molecule has 13 heavy (non-hydrogen) atoms. The van der Waals surface area contributed by atoms with Gasteiger partial charge in [-0.25, -0.2) is 13.6 Å². The molecule has 0 saturated carbocycles. The number of hydrogen-bond donors (Lipinski definition) is 1. The van der Waals surface area contributed by atoms with Gasteiger partial charge in [0.15, 0.2) is 0 Å². The molecular weight excluding hydrogens is 188 g/mol. The molecule has 0 aliphatic rings. The van der Waals surface area contributed by atoms with Crippen LogP contribution in [-0.2, 0) is 10.0 Å². The van der Waals surface area contributed by atoms with E-state index in [9.17, 15) is 8.42 Å². The smallest absolute Gasteiger partial charge is 0.240 e. The predicted molar refractivity (Wildman–Crippen MR) is 52.1 cm³/mol. The third-order valence-corrected chi connectivity index (χ3v) is 2.61. The quantitative estimate of drug-likeness (QED) is 0.751. The Morgan fingerprint density at radius 3 is 2.15 bits per heavy atom. The number of nitrogens with two attached hydrogens (primary N) is 1. The molecule has 1 aromatic carbocycles. The van der Waals surface area contributed by atoms with Gasteiger partial charge in [0, 0.05) is 14.1 Å². The number of anilines is 1. The number of benzene rings is 1. The lowest BCUT2D eigenvalue weighted by Gasteiger charge is -2.15. The van der Waals surface area contributed by atoms with Crippen LogP contribution in [0.3, 0.4) is 0 Å². The van der Waals surface area contributed by atoms with Crippen LogP contribution in [0.4, 0.5) is 5.69 Å². The van der Waals surface area contributed by atoms with Crippen LogP contribution in [0, 0.1) is 0 Å². The van der Waals surface area contributed by atoms with Crippen molar-refractivity contribution in [2.45, 2.75) is 4.90 Å². The highest BCUT2D eigenvalue weighted by Crippen LogP contribution is 2.21. The minimum atomic E-state index is -3.62. The summed E-state index contributed by atoms with van der Waals surface area (Å²) in [6, 6.07) is 6.61. The van der Waals surface area contributed by atoms with Crippen molar-refractivity contribution in [3.63, 3.8) is 0 Å². The Kier molecular flexibility index (Phi) is 2.58. The van der Waals surface area contributed by atoms with Crippen LogP contribution in [-0.4, -0.2) is 22.5 Å².